The smallest absolute Gasteiger partial charge is 0.265 e. The zero-order chi connectivity index (χ0) is 19.6. The molecule has 0 aliphatic rings. The molecule has 1 heterocycles. The Kier molecular flexibility index (Phi) is 5.34. The van der Waals surface area contributed by atoms with Gasteiger partial charge >= 0.3 is 0 Å². The predicted octanol–water partition coefficient (Wildman–Crippen LogP) is 4.44. The third-order valence-corrected chi connectivity index (χ3v) is 7.06. The van der Waals surface area contributed by atoms with Crippen molar-refractivity contribution in [2.24, 2.45) is 0 Å². The van der Waals surface area contributed by atoms with E-state index >= 15 is 0 Å². The lowest BCUT2D eigenvalue weighted by molar-refractivity contribution is 0.103. The summed E-state index contributed by atoms with van der Waals surface area (Å²) < 4.78 is 26.9. The number of carbonyl (C=O) groups excluding carboxylic acids is 1. The first-order valence-corrected chi connectivity index (χ1v) is 10.6. The molecule has 3 aromatic rings. The van der Waals surface area contributed by atoms with Crippen molar-refractivity contribution in [3.8, 4) is 0 Å². The number of amides is 1. The Morgan fingerprint density at radius 3 is 2.44 bits per heavy atom. The van der Waals surface area contributed by atoms with Crippen LogP contribution >= 0.6 is 11.3 Å². The molecule has 0 aliphatic carbocycles. The molecule has 0 saturated heterocycles. The van der Waals surface area contributed by atoms with E-state index in [0.29, 0.717) is 10.6 Å². The van der Waals surface area contributed by atoms with Gasteiger partial charge in [0.2, 0.25) is 0 Å². The zero-order valence-electron chi connectivity index (χ0n) is 15.3. The van der Waals surface area contributed by atoms with Gasteiger partial charge in [-0.1, -0.05) is 30.3 Å². The highest BCUT2D eigenvalue weighted by Gasteiger charge is 2.24. The third-order valence-electron chi connectivity index (χ3n) is 4.22. The molecule has 5 nitrogen and oxygen atoms in total. The number of rotatable bonds is 5. The Morgan fingerprint density at radius 1 is 1.04 bits per heavy atom. The zero-order valence-corrected chi connectivity index (χ0v) is 16.9. The molecule has 3 rings (SSSR count). The summed E-state index contributed by atoms with van der Waals surface area (Å²) in [6.45, 7) is 3.86. The van der Waals surface area contributed by atoms with Gasteiger partial charge in [-0.3, -0.25) is 9.10 Å². The molecule has 0 atom stereocenters. The lowest BCUT2D eigenvalue weighted by Crippen LogP contribution is -2.26. The van der Waals surface area contributed by atoms with Gasteiger partial charge in [0.15, 0.2) is 0 Å². The molecule has 0 fully saturated rings. The first kappa shape index (κ1) is 19.1. The second-order valence-corrected chi connectivity index (χ2v) is 9.11. The van der Waals surface area contributed by atoms with E-state index in [0.717, 1.165) is 28.2 Å². The van der Waals surface area contributed by atoms with Crippen LogP contribution in [0, 0.1) is 13.8 Å². The minimum absolute atomic E-state index is 0.102. The number of nitrogens with zero attached hydrogens (tertiary/aromatic N) is 1. The number of anilines is 2. The fourth-order valence-electron chi connectivity index (χ4n) is 2.56. The molecule has 2 aromatic carbocycles. The highest BCUT2D eigenvalue weighted by molar-refractivity contribution is 7.93. The van der Waals surface area contributed by atoms with Crippen LogP contribution in [0.2, 0.25) is 0 Å². The minimum atomic E-state index is -3.73. The summed E-state index contributed by atoms with van der Waals surface area (Å²) in [5.41, 5.74) is 3.27. The van der Waals surface area contributed by atoms with Gasteiger partial charge in [0.1, 0.15) is 0 Å². The number of hydrogen-bond acceptors (Lipinski definition) is 4. The van der Waals surface area contributed by atoms with Crippen molar-refractivity contribution >= 4 is 38.6 Å². The molecule has 27 heavy (non-hydrogen) atoms. The number of para-hydroxylation sites is 1. The average molecular weight is 401 g/mol. The highest BCUT2D eigenvalue weighted by Crippen LogP contribution is 2.26. The monoisotopic (exact) mass is 400 g/mol. The number of sulfonamides is 1. The number of benzene rings is 2. The second-order valence-electron chi connectivity index (χ2n) is 6.23. The number of nitrogens with one attached hydrogen (secondary N) is 1. The lowest BCUT2D eigenvalue weighted by Gasteiger charge is -2.18. The summed E-state index contributed by atoms with van der Waals surface area (Å²) in [5, 5.41) is 4.35. The van der Waals surface area contributed by atoms with Crippen LogP contribution in [-0.2, 0) is 10.0 Å². The van der Waals surface area contributed by atoms with Crippen LogP contribution in [0.4, 0.5) is 11.4 Å². The first-order valence-electron chi connectivity index (χ1n) is 8.30. The maximum Gasteiger partial charge on any atom is 0.265 e. The summed E-state index contributed by atoms with van der Waals surface area (Å²) in [7, 11) is -2.23. The van der Waals surface area contributed by atoms with Crippen LogP contribution in [0.3, 0.4) is 0 Å². The average Bonchev–Trinajstić information content (AvgIpc) is 3.16. The fraction of sp³-hybridized carbons (Fsp3) is 0.150. The molecule has 1 aromatic heterocycles. The van der Waals surface area contributed by atoms with Crippen LogP contribution in [0.25, 0.3) is 0 Å². The van der Waals surface area contributed by atoms with Gasteiger partial charge in [-0.2, -0.15) is 0 Å². The largest absolute Gasteiger partial charge is 0.321 e. The topological polar surface area (TPSA) is 66.5 Å². The van der Waals surface area contributed by atoms with E-state index in [4.69, 9.17) is 0 Å². The van der Waals surface area contributed by atoms with Gasteiger partial charge < -0.3 is 5.32 Å². The van der Waals surface area contributed by atoms with Gasteiger partial charge in [-0.25, -0.2) is 8.42 Å². The minimum Gasteiger partial charge on any atom is -0.321 e. The lowest BCUT2D eigenvalue weighted by atomic mass is 10.1. The summed E-state index contributed by atoms with van der Waals surface area (Å²) >= 11 is 1.11. The highest BCUT2D eigenvalue weighted by atomic mass is 32.2. The summed E-state index contributed by atoms with van der Waals surface area (Å²) in [5.74, 6) is -0.322. The maximum absolute atomic E-state index is 12.8. The Balaban J connectivity index is 1.83. The van der Waals surface area contributed by atoms with Gasteiger partial charge in [0.25, 0.3) is 15.9 Å². The molecule has 1 N–H and O–H groups in total. The first-order chi connectivity index (χ1) is 12.8. The SMILES string of the molecule is Cc1ccc(C)c(NC(=O)c2cc(S(=O)(=O)N(C)c3ccccc3)cs2)c1. The molecule has 140 valence electrons. The van der Waals surface area contributed by atoms with Crippen molar-refractivity contribution in [3.05, 3.63) is 76.0 Å². The molecule has 0 unspecified atom stereocenters. The van der Waals surface area contributed by atoms with Gasteiger partial charge in [-0.15, -0.1) is 11.3 Å². The summed E-state index contributed by atoms with van der Waals surface area (Å²) in [4.78, 5) is 13.0. The molecule has 0 bridgehead atoms. The van der Waals surface area contributed by atoms with E-state index in [9.17, 15) is 13.2 Å². The van der Waals surface area contributed by atoms with Crippen molar-refractivity contribution in [2.45, 2.75) is 18.7 Å². The van der Waals surface area contributed by atoms with E-state index < -0.39 is 10.0 Å². The Morgan fingerprint density at radius 2 is 1.74 bits per heavy atom. The number of hydrogen-bond donors (Lipinski definition) is 1. The van der Waals surface area contributed by atoms with E-state index in [2.05, 4.69) is 5.32 Å². The van der Waals surface area contributed by atoms with E-state index in [1.807, 2.05) is 38.1 Å². The van der Waals surface area contributed by atoms with Crippen LogP contribution in [0.15, 0.2) is 64.9 Å². The van der Waals surface area contributed by atoms with Crippen molar-refractivity contribution < 1.29 is 13.2 Å². The molecule has 0 spiro atoms. The molecule has 0 aliphatic heterocycles. The molecular formula is C20H20N2O3S2. The molecule has 0 radical (unpaired) electrons. The van der Waals surface area contributed by atoms with Crippen LogP contribution in [0.1, 0.15) is 20.8 Å². The standard InChI is InChI=1S/C20H20N2O3S2/c1-14-9-10-15(2)18(11-14)21-20(23)19-12-17(13-26-19)27(24,25)22(3)16-7-5-4-6-8-16/h4-13H,1-3H3,(H,21,23). The van der Waals surface area contributed by atoms with Crippen LogP contribution < -0.4 is 9.62 Å². The Bertz CT molecular complexity index is 1070. The number of aryl methyl sites for hydroxylation is 2. The molecular weight excluding hydrogens is 380 g/mol. The van der Waals surface area contributed by atoms with E-state index in [-0.39, 0.29) is 10.8 Å². The van der Waals surface area contributed by atoms with E-state index in [1.165, 1.54) is 22.8 Å². The van der Waals surface area contributed by atoms with Crippen molar-refractivity contribution in [1.82, 2.24) is 0 Å². The molecule has 0 saturated carbocycles. The van der Waals surface area contributed by atoms with Crippen LogP contribution in [0.5, 0.6) is 0 Å². The second kappa shape index (κ2) is 7.54. The number of carbonyl (C=O) groups is 1. The van der Waals surface area contributed by atoms with E-state index in [1.54, 1.807) is 24.3 Å². The van der Waals surface area contributed by atoms with Crippen molar-refractivity contribution in [1.29, 1.82) is 0 Å². The van der Waals surface area contributed by atoms with Crippen LogP contribution in [-0.4, -0.2) is 21.4 Å². The maximum atomic E-state index is 12.8. The predicted molar refractivity (Wildman–Crippen MR) is 110 cm³/mol. The number of thiophene rings is 1. The van der Waals surface area contributed by atoms with Crippen molar-refractivity contribution in [3.63, 3.8) is 0 Å². The van der Waals surface area contributed by atoms with Gasteiger partial charge in [0.05, 0.1) is 15.5 Å². The van der Waals surface area contributed by atoms with Crippen molar-refractivity contribution in [2.75, 3.05) is 16.7 Å². The molecule has 1 amide bonds. The molecule has 7 heteroatoms. The summed E-state index contributed by atoms with van der Waals surface area (Å²) in [6.07, 6.45) is 0. The summed E-state index contributed by atoms with van der Waals surface area (Å²) in [6, 6.07) is 16.0. The third kappa shape index (κ3) is 4.04. The normalized spacial score (nSPS) is 11.2. The Hall–Kier alpha value is -2.64. The van der Waals surface area contributed by atoms with Gasteiger partial charge in [-0.05, 0) is 49.2 Å². The quantitative estimate of drug-likeness (QED) is 0.688. The fourth-order valence-corrected chi connectivity index (χ4v) is 4.91. The van der Waals surface area contributed by atoms with Gasteiger partial charge in [0, 0.05) is 18.1 Å². The Labute approximate surface area is 163 Å².